The van der Waals surface area contributed by atoms with Crippen LogP contribution in [-0.2, 0) is 35.7 Å². The number of likely N-dealkylation sites (tertiary alicyclic amines) is 1. The minimum Gasteiger partial charge on any atom is -0.489 e. The molecule has 274 valence electrons. The van der Waals surface area contributed by atoms with E-state index in [1.165, 1.54) is 10.5 Å². The Morgan fingerprint density at radius 1 is 0.788 bits per heavy atom. The molecule has 2 fully saturated rings. The van der Waals surface area contributed by atoms with E-state index in [2.05, 4.69) is 57.8 Å². The summed E-state index contributed by atoms with van der Waals surface area (Å²) in [4.78, 5) is 35.4. The second-order valence-corrected chi connectivity index (χ2v) is 14.8. The van der Waals surface area contributed by atoms with Crippen LogP contribution < -0.4 is 10.1 Å². The summed E-state index contributed by atoms with van der Waals surface area (Å²) in [5, 5.41) is 3.71. The molecule has 0 spiro atoms. The monoisotopic (exact) mass is 740 g/mol. The van der Waals surface area contributed by atoms with Crippen LogP contribution in [0.4, 0.5) is 4.79 Å². The third-order valence-corrected chi connectivity index (χ3v) is 11.2. The van der Waals surface area contributed by atoms with Gasteiger partial charge in [-0.3, -0.25) is 9.69 Å². The van der Waals surface area contributed by atoms with Crippen LogP contribution in [0.2, 0.25) is 5.02 Å². The number of ether oxygens (including phenoxy) is 2. The van der Waals surface area contributed by atoms with E-state index in [1.807, 2.05) is 71.6 Å². The third-order valence-electron chi connectivity index (χ3n) is 10.1. The molecule has 4 aromatic carbocycles. The van der Waals surface area contributed by atoms with Crippen molar-refractivity contribution < 1.29 is 19.1 Å². The SMILES string of the molecule is CSc1ccccc1CN1CCN(C(=O)[C@H](NC(=O)OCc2ccccc2)C2CCN(CCc3cc(Cl)ccc3OCc3ccccc3)CC2)CC1. The number of benzene rings is 4. The lowest BCUT2D eigenvalue weighted by Crippen LogP contribution is -2.58. The minimum absolute atomic E-state index is 0.00967. The van der Waals surface area contributed by atoms with E-state index >= 15 is 0 Å². The van der Waals surface area contributed by atoms with Gasteiger partial charge in [0.25, 0.3) is 0 Å². The first kappa shape index (κ1) is 37.7. The number of rotatable bonds is 14. The summed E-state index contributed by atoms with van der Waals surface area (Å²) >= 11 is 8.17. The lowest BCUT2D eigenvalue weighted by atomic mass is 9.88. The van der Waals surface area contributed by atoms with Crippen LogP contribution in [0.15, 0.2) is 108 Å². The van der Waals surface area contributed by atoms with Crippen LogP contribution in [-0.4, -0.2) is 84.8 Å². The molecule has 6 rings (SSSR count). The summed E-state index contributed by atoms with van der Waals surface area (Å²) in [6.07, 6.45) is 3.95. The number of hydrogen-bond acceptors (Lipinski definition) is 7. The van der Waals surface area contributed by atoms with E-state index in [-0.39, 0.29) is 18.4 Å². The van der Waals surface area contributed by atoms with E-state index in [4.69, 9.17) is 21.1 Å². The molecule has 10 heteroatoms. The van der Waals surface area contributed by atoms with Crippen LogP contribution in [0.3, 0.4) is 0 Å². The number of hydrogen-bond donors (Lipinski definition) is 1. The fourth-order valence-corrected chi connectivity index (χ4v) is 7.88. The maximum Gasteiger partial charge on any atom is 0.408 e. The molecule has 4 aromatic rings. The van der Waals surface area contributed by atoms with Crippen molar-refractivity contribution in [2.75, 3.05) is 52.1 Å². The van der Waals surface area contributed by atoms with Gasteiger partial charge in [-0.1, -0.05) is 90.5 Å². The Morgan fingerprint density at radius 3 is 2.13 bits per heavy atom. The van der Waals surface area contributed by atoms with Gasteiger partial charge in [0.2, 0.25) is 5.91 Å². The summed E-state index contributed by atoms with van der Waals surface area (Å²) in [5.41, 5.74) is 4.42. The Kier molecular flexibility index (Phi) is 13.9. The fraction of sp³-hybridized carbons (Fsp3) is 0.381. The van der Waals surface area contributed by atoms with Crippen LogP contribution in [0.5, 0.6) is 5.75 Å². The van der Waals surface area contributed by atoms with Gasteiger partial charge in [-0.2, -0.15) is 0 Å². The highest BCUT2D eigenvalue weighted by molar-refractivity contribution is 7.98. The van der Waals surface area contributed by atoms with Crippen molar-refractivity contribution in [2.45, 2.75) is 50.0 Å². The third kappa shape index (κ3) is 10.8. The predicted octanol–water partition coefficient (Wildman–Crippen LogP) is 7.53. The largest absolute Gasteiger partial charge is 0.489 e. The van der Waals surface area contributed by atoms with E-state index in [1.54, 1.807) is 11.8 Å². The molecule has 8 nitrogen and oxygen atoms in total. The zero-order chi connectivity index (χ0) is 36.1. The molecule has 0 aliphatic carbocycles. The molecule has 0 radical (unpaired) electrons. The van der Waals surface area contributed by atoms with Crippen molar-refractivity contribution in [1.29, 1.82) is 0 Å². The van der Waals surface area contributed by atoms with Gasteiger partial charge < -0.3 is 24.6 Å². The molecule has 0 unspecified atom stereocenters. The van der Waals surface area contributed by atoms with Crippen LogP contribution >= 0.6 is 23.4 Å². The number of thioether (sulfide) groups is 1. The summed E-state index contributed by atoms with van der Waals surface area (Å²) in [6, 6.07) is 33.4. The summed E-state index contributed by atoms with van der Waals surface area (Å²) in [7, 11) is 0. The normalized spacial score (nSPS) is 16.3. The number of nitrogens with one attached hydrogen (secondary N) is 1. The van der Waals surface area contributed by atoms with Gasteiger partial charge in [-0.25, -0.2) is 4.79 Å². The average molecular weight is 741 g/mol. The number of carbonyl (C=O) groups is 2. The van der Waals surface area contributed by atoms with Gasteiger partial charge in [-0.15, -0.1) is 11.8 Å². The van der Waals surface area contributed by atoms with Gasteiger partial charge in [0, 0.05) is 49.2 Å². The summed E-state index contributed by atoms with van der Waals surface area (Å²) < 4.78 is 11.8. The van der Waals surface area contributed by atoms with Gasteiger partial charge in [-0.05, 0) is 91.0 Å². The molecule has 2 aliphatic heterocycles. The number of nitrogens with zero attached hydrogens (tertiary/aromatic N) is 3. The molecule has 2 heterocycles. The first-order chi connectivity index (χ1) is 25.4. The van der Waals surface area contributed by atoms with E-state index in [9.17, 15) is 9.59 Å². The number of amides is 2. The molecule has 2 aliphatic rings. The molecular weight excluding hydrogens is 692 g/mol. The highest BCUT2D eigenvalue weighted by atomic mass is 35.5. The number of piperazine rings is 1. The highest BCUT2D eigenvalue weighted by Crippen LogP contribution is 2.28. The predicted molar refractivity (Wildman–Crippen MR) is 209 cm³/mol. The van der Waals surface area contributed by atoms with Gasteiger partial charge in [0.1, 0.15) is 25.0 Å². The fourth-order valence-electron chi connectivity index (χ4n) is 7.08. The Morgan fingerprint density at radius 2 is 1.44 bits per heavy atom. The van der Waals surface area contributed by atoms with Crippen molar-refractivity contribution in [3.63, 3.8) is 0 Å². The van der Waals surface area contributed by atoms with Crippen LogP contribution in [0, 0.1) is 5.92 Å². The molecule has 1 atom stereocenters. The van der Waals surface area contributed by atoms with Gasteiger partial charge in [0.15, 0.2) is 0 Å². The zero-order valence-electron chi connectivity index (χ0n) is 29.9. The summed E-state index contributed by atoms with van der Waals surface area (Å²) in [5.74, 6) is 0.842. The highest BCUT2D eigenvalue weighted by Gasteiger charge is 2.36. The lowest BCUT2D eigenvalue weighted by Gasteiger charge is -2.40. The standard InChI is InChI=1S/C42H49ClN4O4S/c1-52-39-15-9-8-14-36(39)29-46-24-26-47(27-25-46)41(48)40(44-42(49)51-31-33-12-6-3-7-13-33)34-18-21-45(22-19-34)23-20-35-28-37(43)16-17-38(35)50-30-32-10-4-2-5-11-32/h2-17,28,34,40H,18-27,29-31H2,1H3,(H,44,49)/t40-/m1/s1. The second-order valence-electron chi connectivity index (χ2n) is 13.6. The molecule has 52 heavy (non-hydrogen) atoms. The maximum absolute atomic E-state index is 14.2. The van der Waals surface area contributed by atoms with Crippen molar-refractivity contribution >= 4 is 35.4 Å². The average Bonchev–Trinajstić information content (AvgIpc) is 3.19. The van der Waals surface area contributed by atoms with E-state index in [0.717, 1.165) is 81.0 Å². The van der Waals surface area contributed by atoms with Crippen LogP contribution in [0.25, 0.3) is 0 Å². The zero-order valence-corrected chi connectivity index (χ0v) is 31.5. The van der Waals surface area contributed by atoms with Crippen molar-refractivity contribution in [3.05, 3.63) is 130 Å². The first-order valence-electron chi connectivity index (χ1n) is 18.2. The Bertz CT molecular complexity index is 1730. The van der Waals surface area contributed by atoms with E-state index in [0.29, 0.717) is 24.7 Å². The number of carbonyl (C=O) groups excluding carboxylic acids is 2. The maximum atomic E-state index is 14.2. The minimum atomic E-state index is -0.639. The topological polar surface area (TPSA) is 74.3 Å². The first-order valence-corrected chi connectivity index (χ1v) is 19.8. The Hall–Kier alpha value is -4.02. The number of piperidine rings is 1. The molecule has 2 amide bonds. The quantitative estimate of drug-likeness (QED) is 0.134. The van der Waals surface area contributed by atoms with Crippen LogP contribution in [0.1, 0.15) is 35.1 Å². The molecule has 1 N–H and O–H groups in total. The molecule has 0 aromatic heterocycles. The Labute approximate surface area is 317 Å². The molecule has 2 saturated heterocycles. The van der Waals surface area contributed by atoms with Crippen molar-refractivity contribution in [3.8, 4) is 5.75 Å². The number of halogens is 1. The second kappa shape index (κ2) is 19.2. The van der Waals surface area contributed by atoms with Crippen molar-refractivity contribution in [1.82, 2.24) is 20.0 Å². The summed E-state index contributed by atoms with van der Waals surface area (Å²) in [6.45, 7) is 6.87. The van der Waals surface area contributed by atoms with Gasteiger partial charge in [0.05, 0.1) is 0 Å². The van der Waals surface area contributed by atoms with Gasteiger partial charge >= 0.3 is 6.09 Å². The molecule has 0 bridgehead atoms. The lowest BCUT2D eigenvalue weighted by molar-refractivity contribution is -0.137. The van der Waals surface area contributed by atoms with Crippen molar-refractivity contribution in [2.24, 2.45) is 5.92 Å². The Balaban J connectivity index is 1.05. The number of alkyl carbamates (subject to hydrolysis) is 1. The smallest absolute Gasteiger partial charge is 0.408 e. The molecule has 0 saturated carbocycles. The van der Waals surface area contributed by atoms with E-state index < -0.39 is 12.1 Å². The molecular formula is C42H49ClN4O4S.